The molecule has 1 aromatic heterocycles. The van der Waals surface area contributed by atoms with Crippen LogP contribution in [0.15, 0.2) is 41.1 Å². The molecular weight excluding hydrogens is 323 g/mol. The van der Waals surface area contributed by atoms with Crippen LogP contribution in [0.5, 0.6) is 5.75 Å². The van der Waals surface area contributed by atoms with E-state index in [4.69, 9.17) is 10.5 Å². The Morgan fingerprint density at radius 3 is 2.85 bits per heavy atom. The summed E-state index contributed by atoms with van der Waals surface area (Å²) in [6.07, 6.45) is 4.02. The number of nitrogens with zero attached hydrogens (tertiary/aromatic N) is 1. The Labute approximate surface area is 126 Å². The molecule has 20 heavy (non-hydrogen) atoms. The van der Waals surface area contributed by atoms with Crippen LogP contribution in [0.25, 0.3) is 0 Å². The van der Waals surface area contributed by atoms with Crippen molar-refractivity contribution in [2.75, 3.05) is 0 Å². The van der Waals surface area contributed by atoms with E-state index >= 15 is 0 Å². The lowest BCUT2D eigenvalue weighted by Crippen LogP contribution is -2.18. The average molecular weight is 339 g/mol. The average Bonchev–Trinajstić information content (AvgIpc) is 2.37. The van der Waals surface area contributed by atoms with Gasteiger partial charge < -0.3 is 10.5 Å². The second-order valence-corrected chi connectivity index (χ2v) is 5.65. The van der Waals surface area contributed by atoms with Crippen LogP contribution >= 0.6 is 15.9 Å². The van der Waals surface area contributed by atoms with Gasteiger partial charge in [-0.3, -0.25) is 4.98 Å². The van der Waals surface area contributed by atoms with Gasteiger partial charge in [0.25, 0.3) is 0 Å². The first kappa shape index (κ1) is 14.9. The summed E-state index contributed by atoms with van der Waals surface area (Å²) < 4.78 is 19.9. The van der Waals surface area contributed by atoms with E-state index in [1.165, 1.54) is 12.1 Å². The maximum Gasteiger partial charge on any atom is 0.123 e. The number of hydrogen-bond donors (Lipinski definition) is 1. The van der Waals surface area contributed by atoms with E-state index in [2.05, 4.69) is 20.9 Å². The van der Waals surface area contributed by atoms with Crippen LogP contribution in [0, 0.1) is 5.82 Å². The zero-order chi connectivity index (χ0) is 14.5. The molecule has 0 aliphatic heterocycles. The maximum atomic E-state index is 13.3. The second-order valence-electron chi connectivity index (χ2n) is 4.73. The molecule has 0 saturated carbocycles. The van der Waals surface area contributed by atoms with Gasteiger partial charge in [-0.05, 0) is 59.1 Å². The van der Waals surface area contributed by atoms with Gasteiger partial charge in [0, 0.05) is 28.5 Å². The highest BCUT2D eigenvalue weighted by molar-refractivity contribution is 9.10. The van der Waals surface area contributed by atoms with E-state index in [1.54, 1.807) is 18.5 Å². The van der Waals surface area contributed by atoms with Gasteiger partial charge in [0.2, 0.25) is 0 Å². The largest absolute Gasteiger partial charge is 0.489 e. The van der Waals surface area contributed by atoms with Gasteiger partial charge >= 0.3 is 0 Å². The van der Waals surface area contributed by atoms with Crippen molar-refractivity contribution in [2.24, 2.45) is 5.73 Å². The highest BCUT2D eigenvalue weighted by atomic mass is 79.9. The third kappa shape index (κ3) is 4.28. The predicted molar refractivity (Wildman–Crippen MR) is 80.0 cm³/mol. The van der Waals surface area contributed by atoms with Crippen LogP contribution in [-0.4, -0.2) is 11.0 Å². The molecular formula is C15H16BrFN2O. The van der Waals surface area contributed by atoms with Gasteiger partial charge in [-0.2, -0.15) is 0 Å². The number of aromatic nitrogens is 1. The summed E-state index contributed by atoms with van der Waals surface area (Å²) in [4.78, 5) is 4.07. The van der Waals surface area contributed by atoms with E-state index in [0.29, 0.717) is 18.8 Å². The fourth-order valence-corrected chi connectivity index (χ4v) is 2.30. The third-order valence-electron chi connectivity index (χ3n) is 2.72. The monoisotopic (exact) mass is 338 g/mol. The van der Waals surface area contributed by atoms with Crippen molar-refractivity contribution in [3.63, 3.8) is 0 Å². The molecule has 0 aliphatic rings. The van der Waals surface area contributed by atoms with Crippen molar-refractivity contribution in [3.8, 4) is 5.75 Å². The van der Waals surface area contributed by atoms with Crippen molar-refractivity contribution >= 4 is 15.9 Å². The van der Waals surface area contributed by atoms with Crippen molar-refractivity contribution in [1.82, 2.24) is 4.98 Å². The number of pyridine rings is 1. The van der Waals surface area contributed by atoms with Gasteiger partial charge in [0.1, 0.15) is 18.2 Å². The van der Waals surface area contributed by atoms with Crippen LogP contribution in [0.3, 0.4) is 0 Å². The number of rotatable bonds is 5. The first-order valence-corrected chi connectivity index (χ1v) is 7.10. The van der Waals surface area contributed by atoms with Gasteiger partial charge in [-0.25, -0.2) is 4.39 Å². The van der Waals surface area contributed by atoms with E-state index in [0.717, 1.165) is 15.6 Å². The van der Waals surface area contributed by atoms with Crippen molar-refractivity contribution in [2.45, 2.75) is 26.0 Å². The lowest BCUT2D eigenvalue weighted by atomic mass is 10.1. The highest BCUT2D eigenvalue weighted by Crippen LogP contribution is 2.22. The molecule has 1 unspecified atom stereocenters. The van der Waals surface area contributed by atoms with Crippen LogP contribution in [0.4, 0.5) is 4.39 Å². The normalized spacial score (nSPS) is 12.2. The van der Waals surface area contributed by atoms with E-state index in [9.17, 15) is 4.39 Å². The van der Waals surface area contributed by atoms with Crippen LogP contribution in [0.2, 0.25) is 0 Å². The topological polar surface area (TPSA) is 48.1 Å². The Hall–Kier alpha value is -1.46. The number of nitrogens with two attached hydrogens (primary N) is 1. The maximum absolute atomic E-state index is 13.3. The SMILES string of the molecule is CC(N)Cc1cc(F)ccc1OCc1cncc(Br)c1. The van der Waals surface area contributed by atoms with Crippen LogP contribution in [-0.2, 0) is 13.0 Å². The van der Waals surface area contributed by atoms with Gasteiger partial charge in [-0.15, -0.1) is 0 Å². The first-order valence-electron chi connectivity index (χ1n) is 6.31. The molecule has 1 atom stereocenters. The lowest BCUT2D eigenvalue weighted by molar-refractivity contribution is 0.301. The minimum atomic E-state index is -0.280. The predicted octanol–water partition coefficient (Wildman–Crippen LogP) is 3.45. The Morgan fingerprint density at radius 2 is 2.15 bits per heavy atom. The summed E-state index contributed by atoms with van der Waals surface area (Å²) in [5.74, 6) is 0.376. The smallest absolute Gasteiger partial charge is 0.123 e. The molecule has 0 saturated heterocycles. The molecule has 0 amide bonds. The molecule has 5 heteroatoms. The molecule has 2 rings (SSSR count). The van der Waals surface area contributed by atoms with Crippen molar-refractivity contribution in [3.05, 3.63) is 58.1 Å². The summed E-state index contributed by atoms with van der Waals surface area (Å²) in [5.41, 5.74) is 7.50. The zero-order valence-corrected chi connectivity index (χ0v) is 12.7. The number of halogens is 2. The molecule has 106 valence electrons. The van der Waals surface area contributed by atoms with Gasteiger partial charge in [0.15, 0.2) is 0 Å². The first-order chi connectivity index (χ1) is 9.54. The third-order valence-corrected chi connectivity index (χ3v) is 3.15. The van der Waals surface area contributed by atoms with Gasteiger partial charge in [-0.1, -0.05) is 0 Å². The molecule has 0 bridgehead atoms. The number of benzene rings is 1. The summed E-state index contributed by atoms with van der Waals surface area (Å²) in [6, 6.07) is 6.38. The Bertz CT molecular complexity index is 590. The molecule has 0 fully saturated rings. The Balaban J connectivity index is 2.12. The van der Waals surface area contributed by atoms with E-state index in [1.807, 2.05) is 13.0 Å². The molecule has 0 aliphatic carbocycles. The summed E-state index contributed by atoms with van der Waals surface area (Å²) >= 11 is 3.36. The number of hydrogen-bond acceptors (Lipinski definition) is 3. The molecule has 0 spiro atoms. The molecule has 2 aromatic rings. The Morgan fingerprint density at radius 1 is 1.35 bits per heavy atom. The standard InChI is InChI=1S/C15H16BrFN2O/c1-10(18)4-12-6-14(17)2-3-15(12)20-9-11-5-13(16)8-19-7-11/h2-3,5-8,10H,4,9,18H2,1H3. The summed E-state index contributed by atoms with van der Waals surface area (Å²) in [7, 11) is 0. The molecule has 0 radical (unpaired) electrons. The second kappa shape index (κ2) is 6.81. The fraction of sp³-hybridized carbons (Fsp3) is 0.267. The van der Waals surface area contributed by atoms with Crippen molar-refractivity contribution < 1.29 is 9.13 Å². The van der Waals surface area contributed by atoms with Crippen LogP contribution < -0.4 is 10.5 Å². The van der Waals surface area contributed by atoms with Gasteiger partial charge in [0.05, 0.1) is 0 Å². The fourth-order valence-electron chi connectivity index (χ4n) is 1.89. The lowest BCUT2D eigenvalue weighted by Gasteiger charge is -2.13. The quantitative estimate of drug-likeness (QED) is 0.908. The van der Waals surface area contributed by atoms with Crippen LogP contribution in [0.1, 0.15) is 18.1 Å². The zero-order valence-electron chi connectivity index (χ0n) is 11.1. The minimum Gasteiger partial charge on any atom is -0.489 e. The van der Waals surface area contributed by atoms with E-state index in [-0.39, 0.29) is 11.9 Å². The molecule has 3 nitrogen and oxygen atoms in total. The molecule has 1 aromatic carbocycles. The summed E-state index contributed by atoms with van der Waals surface area (Å²) in [5, 5.41) is 0. The highest BCUT2D eigenvalue weighted by Gasteiger charge is 2.08. The summed E-state index contributed by atoms with van der Waals surface area (Å²) in [6.45, 7) is 2.26. The minimum absolute atomic E-state index is 0.0494. The van der Waals surface area contributed by atoms with E-state index < -0.39 is 0 Å². The number of ether oxygens (including phenoxy) is 1. The van der Waals surface area contributed by atoms with Crippen molar-refractivity contribution in [1.29, 1.82) is 0 Å². The Kier molecular flexibility index (Phi) is 5.09. The molecule has 2 N–H and O–H groups in total. The molecule has 1 heterocycles.